The van der Waals surface area contributed by atoms with Gasteiger partial charge in [-0.25, -0.2) is 0 Å². The Morgan fingerprint density at radius 3 is 2.00 bits per heavy atom. The lowest BCUT2D eigenvalue weighted by molar-refractivity contribution is -0.135. The fourth-order valence-electron chi connectivity index (χ4n) is 2.97. The summed E-state index contributed by atoms with van der Waals surface area (Å²) in [6.07, 6.45) is 1.69. The smallest absolute Gasteiger partial charge is 0.227 e. The second-order valence-electron chi connectivity index (χ2n) is 7.45. The van der Waals surface area contributed by atoms with Gasteiger partial charge in [-0.1, -0.05) is 0 Å². The molecule has 3 heteroatoms. The van der Waals surface area contributed by atoms with Gasteiger partial charge in [-0.2, -0.15) is 0 Å². The molecule has 0 spiro atoms. The SMILES string of the molecule is CC(C)(C)N1CC2=C(CCN2C(C)(C)C)CC1=O. The van der Waals surface area contributed by atoms with Crippen molar-refractivity contribution in [2.24, 2.45) is 0 Å². The first kappa shape index (κ1) is 13.4. The predicted molar refractivity (Wildman–Crippen MR) is 74.2 cm³/mol. The molecule has 2 heterocycles. The van der Waals surface area contributed by atoms with Crippen LogP contribution < -0.4 is 0 Å². The van der Waals surface area contributed by atoms with Gasteiger partial charge in [0.25, 0.3) is 0 Å². The molecule has 0 aliphatic carbocycles. The maximum absolute atomic E-state index is 12.2. The molecule has 2 aliphatic rings. The average molecular weight is 250 g/mol. The molecule has 0 N–H and O–H groups in total. The third-order valence-electron chi connectivity index (χ3n) is 3.96. The van der Waals surface area contributed by atoms with Crippen molar-refractivity contribution in [1.82, 2.24) is 9.80 Å². The van der Waals surface area contributed by atoms with Crippen LogP contribution in [0.2, 0.25) is 0 Å². The lowest BCUT2D eigenvalue weighted by atomic mass is 9.97. The molecule has 0 saturated heterocycles. The van der Waals surface area contributed by atoms with Gasteiger partial charge in [0.05, 0.1) is 6.54 Å². The zero-order valence-electron chi connectivity index (χ0n) is 12.6. The number of hydrogen-bond donors (Lipinski definition) is 0. The highest BCUT2D eigenvalue weighted by atomic mass is 16.2. The molecule has 18 heavy (non-hydrogen) atoms. The lowest BCUT2D eigenvalue weighted by Crippen LogP contribution is -2.51. The van der Waals surface area contributed by atoms with Crippen LogP contribution >= 0.6 is 0 Å². The third kappa shape index (κ3) is 2.27. The van der Waals surface area contributed by atoms with Crippen molar-refractivity contribution >= 4 is 5.91 Å². The molecule has 0 fully saturated rings. The Morgan fingerprint density at radius 2 is 1.50 bits per heavy atom. The quantitative estimate of drug-likeness (QED) is 0.660. The molecule has 3 nitrogen and oxygen atoms in total. The normalized spacial score (nSPS) is 21.8. The van der Waals surface area contributed by atoms with Crippen LogP contribution in [0.5, 0.6) is 0 Å². The number of hydrogen-bond acceptors (Lipinski definition) is 2. The highest BCUT2D eigenvalue weighted by Crippen LogP contribution is 2.37. The zero-order valence-corrected chi connectivity index (χ0v) is 12.6. The molecule has 2 rings (SSSR count). The second-order valence-corrected chi connectivity index (χ2v) is 7.45. The van der Waals surface area contributed by atoms with E-state index < -0.39 is 0 Å². The maximum Gasteiger partial charge on any atom is 0.227 e. The van der Waals surface area contributed by atoms with Gasteiger partial charge in [-0.15, -0.1) is 0 Å². The van der Waals surface area contributed by atoms with Gasteiger partial charge in [0.15, 0.2) is 0 Å². The Balaban J connectivity index is 2.29. The van der Waals surface area contributed by atoms with Crippen LogP contribution in [-0.4, -0.2) is 39.9 Å². The minimum atomic E-state index is -0.0816. The second kappa shape index (κ2) is 4.01. The van der Waals surface area contributed by atoms with Crippen LogP contribution in [0.1, 0.15) is 54.4 Å². The van der Waals surface area contributed by atoms with E-state index in [1.165, 1.54) is 11.3 Å². The van der Waals surface area contributed by atoms with E-state index in [0.29, 0.717) is 6.42 Å². The topological polar surface area (TPSA) is 23.6 Å². The number of rotatable bonds is 0. The van der Waals surface area contributed by atoms with Crippen molar-refractivity contribution in [2.45, 2.75) is 65.5 Å². The summed E-state index contributed by atoms with van der Waals surface area (Å²) in [6, 6.07) is 0. The molecule has 0 radical (unpaired) electrons. The van der Waals surface area contributed by atoms with E-state index in [1.807, 2.05) is 4.90 Å². The van der Waals surface area contributed by atoms with Crippen molar-refractivity contribution in [3.8, 4) is 0 Å². The van der Waals surface area contributed by atoms with Crippen molar-refractivity contribution in [2.75, 3.05) is 13.1 Å². The van der Waals surface area contributed by atoms with Crippen LogP contribution in [0.25, 0.3) is 0 Å². The number of nitrogens with zero attached hydrogens (tertiary/aromatic N) is 2. The van der Waals surface area contributed by atoms with Crippen molar-refractivity contribution in [3.05, 3.63) is 11.3 Å². The first-order valence-corrected chi connectivity index (χ1v) is 6.90. The summed E-state index contributed by atoms with van der Waals surface area (Å²) >= 11 is 0. The number of carbonyl (C=O) groups is 1. The van der Waals surface area contributed by atoms with Crippen molar-refractivity contribution < 1.29 is 4.79 Å². The molecule has 0 atom stereocenters. The molecule has 0 aromatic heterocycles. The van der Waals surface area contributed by atoms with Gasteiger partial charge in [0.2, 0.25) is 5.91 Å². The van der Waals surface area contributed by atoms with Gasteiger partial charge in [-0.05, 0) is 53.5 Å². The minimum absolute atomic E-state index is 0.0816. The van der Waals surface area contributed by atoms with E-state index in [1.54, 1.807) is 0 Å². The molecular formula is C15H26N2O. The van der Waals surface area contributed by atoms with Gasteiger partial charge in [0.1, 0.15) is 0 Å². The Morgan fingerprint density at radius 1 is 0.944 bits per heavy atom. The van der Waals surface area contributed by atoms with E-state index in [9.17, 15) is 4.79 Å². The average Bonchev–Trinajstić information content (AvgIpc) is 2.56. The fraction of sp³-hybridized carbons (Fsp3) is 0.800. The Kier molecular flexibility index (Phi) is 2.99. The highest BCUT2D eigenvalue weighted by Gasteiger charge is 2.39. The monoisotopic (exact) mass is 250 g/mol. The summed E-state index contributed by atoms with van der Waals surface area (Å²) in [4.78, 5) is 16.7. The first-order valence-electron chi connectivity index (χ1n) is 6.90. The van der Waals surface area contributed by atoms with Crippen molar-refractivity contribution in [1.29, 1.82) is 0 Å². The van der Waals surface area contributed by atoms with E-state index in [4.69, 9.17) is 0 Å². The molecule has 0 saturated carbocycles. The zero-order chi connectivity index (χ0) is 13.7. The molecule has 102 valence electrons. The van der Waals surface area contributed by atoms with Crippen LogP contribution in [0.3, 0.4) is 0 Å². The fourth-order valence-corrected chi connectivity index (χ4v) is 2.97. The summed E-state index contributed by atoms with van der Waals surface area (Å²) in [7, 11) is 0. The molecule has 0 aromatic carbocycles. The largest absolute Gasteiger partial charge is 0.368 e. The van der Waals surface area contributed by atoms with Crippen molar-refractivity contribution in [3.63, 3.8) is 0 Å². The molecule has 1 amide bonds. The molecule has 2 aliphatic heterocycles. The first-order chi connectivity index (χ1) is 8.10. The Labute approximate surface area is 111 Å². The molecule has 0 bridgehead atoms. The highest BCUT2D eigenvalue weighted by molar-refractivity contribution is 5.81. The van der Waals surface area contributed by atoms with Gasteiger partial charge >= 0.3 is 0 Å². The number of amides is 1. The molecule has 0 aromatic rings. The van der Waals surface area contributed by atoms with E-state index >= 15 is 0 Å². The standard InChI is InChI=1S/C15H26N2O/c1-14(2,3)16-8-7-11-9-13(18)17(10-12(11)16)15(4,5)6/h7-10H2,1-6H3. The van der Waals surface area contributed by atoms with Crippen LogP contribution in [0.4, 0.5) is 0 Å². The van der Waals surface area contributed by atoms with E-state index in [-0.39, 0.29) is 17.0 Å². The third-order valence-corrected chi connectivity index (χ3v) is 3.96. The molecular weight excluding hydrogens is 224 g/mol. The Hall–Kier alpha value is -0.990. The summed E-state index contributed by atoms with van der Waals surface area (Å²) in [5.74, 6) is 0.289. The van der Waals surface area contributed by atoms with Gasteiger partial charge < -0.3 is 9.80 Å². The minimum Gasteiger partial charge on any atom is -0.368 e. The van der Waals surface area contributed by atoms with Gasteiger partial charge in [-0.3, -0.25) is 4.79 Å². The summed E-state index contributed by atoms with van der Waals surface area (Å²) in [6.45, 7) is 15.0. The van der Waals surface area contributed by atoms with E-state index in [2.05, 4.69) is 46.4 Å². The summed E-state index contributed by atoms with van der Waals surface area (Å²) < 4.78 is 0. The van der Waals surface area contributed by atoms with Crippen LogP contribution in [0, 0.1) is 0 Å². The summed E-state index contributed by atoms with van der Waals surface area (Å²) in [5, 5.41) is 0. The van der Waals surface area contributed by atoms with Gasteiger partial charge in [0, 0.05) is 29.7 Å². The summed E-state index contributed by atoms with van der Waals surface area (Å²) in [5.41, 5.74) is 2.84. The van der Waals surface area contributed by atoms with Crippen LogP contribution in [0.15, 0.2) is 11.3 Å². The Bertz CT molecular complexity index is 384. The molecule has 0 unspecified atom stereocenters. The van der Waals surface area contributed by atoms with E-state index in [0.717, 1.165) is 19.5 Å². The predicted octanol–water partition coefficient (Wildman–Crippen LogP) is 2.78. The maximum atomic E-state index is 12.2. The number of carbonyl (C=O) groups excluding carboxylic acids is 1. The lowest BCUT2D eigenvalue weighted by Gasteiger charge is -2.43. The van der Waals surface area contributed by atoms with Crippen LogP contribution in [-0.2, 0) is 4.79 Å².